The van der Waals surface area contributed by atoms with Crippen LogP contribution in [0.15, 0.2) is 28.2 Å². The van der Waals surface area contributed by atoms with Gasteiger partial charge in [0.2, 0.25) is 0 Å². The maximum Gasteiger partial charge on any atom is 0.356 e. The van der Waals surface area contributed by atoms with Gasteiger partial charge in [-0.15, -0.1) is 11.3 Å². The summed E-state index contributed by atoms with van der Waals surface area (Å²) in [6.07, 6.45) is 0.927. The van der Waals surface area contributed by atoms with Gasteiger partial charge in [0.1, 0.15) is 5.75 Å². The molecule has 19 heavy (non-hydrogen) atoms. The van der Waals surface area contributed by atoms with Crippen molar-refractivity contribution in [2.24, 2.45) is 0 Å². The number of thiazole rings is 1. The van der Waals surface area contributed by atoms with Gasteiger partial charge in [0.15, 0.2) is 9.61 Å². The maximum atomic E-state index is 11.2. The molecule has 100 valence electrons. The van der Waals surface area contributed by atoms with Crippen LogP contribution in [0.5, 0.6) is 5.75 Å². The quantitative estimate of drug-likeness (QED) is 0.890. The Morgan fingerprint density at radius 3 is 3.00 bits per heavy atom. The average molecular weight is 342 g/mol. The smallest absolute Gasteiger partial charge is 0.356 e. The van der Waals surface area contributed by atoms with Crippen molar-refractivity contribution in [3.8, 4) is 16.2 Å². The SMILES string of the molecule is CCCOc1cccc(-c2sc(Br)nc2C(=O)O)c1. The van der Waals surface area contributed by atoms with Gasteiger partial charge in [-0.3, -0.25) is 0 Å². The number of carbonyl (C=O) groups is 1. The first-order valence-corrected chi connectivity index (χ1v) is 7.35. The van der Waals surface area contributed by atoms with Crippen LogP contribution in [0.25, 0.3) is 10.4 Å². The molecule has 1 heterocycles. The van der Waals surface area contributed by atoms with Gasteiger partial charge in [-0.1, -0.05) is 19.1 Å². The van der Waals surface area contributed by atoms with E-state index in [0.717, 1.165) is 17.7 Å². The number of carboxylic acids is 1. The number of benzene rings is 1. The molecule has 0 amide bonds. The Kier molecular flexibility index (Phi) is 4.55. The van der Waals surface area contributed by atoms with E-state index in [-0.39, 0.29) is 5.69 Å². The molecule has 1 aromatic carbocycles. The van der Waals surface area contributed by atoms with Crippen molar-refractivity contribution >= 4 is 33.2 Å². The molecule has 0 spiro atoms. The molecule has 0 saturated heterocycles. The molecule has 0 unspecified atom stereocenters. The van der Waals surface area contributed by atoms with E-state index in [1.54, 1.807) is 0 Å². The second-order valence-electron chi connectivity index (χ2n) is 3.83. The fourth-order valence-electron chi connectivity index (χ4n) is 1.58. The van der Waals surface area contributed by atoms with Gasteiger partial charge in [0.25, 0.3) is 0 Å². The maximum absolute atomic E-state index is 11.2. The second kappa shape index (κ2) is 6.16. The average Bonchev–Trinajstić information content (AvgIpc) is 2.79. The first kappa shape index (κ1) is 14.0. The molecule has 2 rings (SSSR count). The highest BCUT2D eigenvalue weighted by Crippen LogP contribution is 2.34. The summed E-state index contributed by atoms with van der Waals surface area (Å²) in [5.41, 5.74) is 0.860. The number of ether oxygens (including phenoxy) is 1. The third-order valence-corrected chi connectivity index (χ3v) is 3.93. The van der Waals surface area contributed by atoms with Gasteiger partial charge >= 0.3 is 5.97 Å². The zero-order valence-electron chi connectivity index (χ0n) is 10.2. The van der Waals surface area contributed by atoms with Gasteiger partial charge in [0.05, 0.1) is 11.5 Å². The number of aromatic carboxylic acids is 1. The summed E-state index contributed by atoms with van der Waals surface area (Å²) < 4.78 is 6.10. The lowest BCUT2D eigenvalue weighted by molar-refractivity contribution is 0.0692. The molecule has 2 aromatic rings. The molecule has 0 radical (unpaired) electrons. The van der Waals surface area contributed by atoms with Crippen LogP contribution in [0.1, 0.15) is 23.8 Å². The molecular weight excluding hydrogens is 330 g/mol. The Hall–Kier alpha value is -1.40. The largest absolute Gasteiger partial charge is 0.494 e. The monoisotopic (exact) mass is 341 g/mol. The van der Waals surface area contributed by atoms with Crippen LogP contribution in [-0.2, 0) is 0 Å². The van der Waals surface area contributed by atoms with Gasteiger partial charge in [-0.2, -0.15) is 0 Å². The minimum Gasteiger partial charge on any atom is -0.494 e. The number of aromatic nitrogens is 1. The van der Waals surface area contributed by atoms with Crippen molar-refractivity contribution in [3.05, 3.63) is 33.9 Å². The van der Waals surface area contributed by atoms with Gasteiger partial charge in [-0.25, -0.2) is 9.78 Å². The topological polar surface area (TPSA) is 59.4 Å². The summed E-state index contributed by atoms with van der Waals surface area (Å²) in [4.78, 5) is 15.8. The van der Waals surface area contributed by atoms with Crippen molar-refractivity contribution in [1.29, 1.82) is 0 Å². The lowest BCUT2D eigenvalue weighted by Gasteiger charge is -2.06. The predicted octanol–water partition coefficient (Wildman–Crippen LogP) is 4.06. The third-order valence-electron chi connectivity index (χ3n) is 2.37. The van der Waals surface area contributed by atoms with E-state index < -0.39 is 5.97 Å². The van der Waals surface area contributed by atoms with Crippen LogP contribution in [0, 0.1) is 0 Å². The van der Waals surface area contributed by atoms with Crippen LogP contribution >= 0.6 is 27.3 Å². The van der Waals surface area contributed by atoms with Crippen LogP contribution in [0.2, 0.25) is 0 Å². The Labute approximate surface area is 123 Å². The highest BCUT2D eigenvalue weighted by Gasteiger charge is 2.18. The number of rotatable bonds is 5. The summed E-state index contributed by atoms with van der Waals surface area (Å²) in [7, 11) is 0. The summed E-state index contributed by atoms with van der Waals surface area (Å²) in [5.74, 6) is -0.294. The van der Waals surface area contributed by atoms with E-state index in [1.807, 2.05) is 31.2 Å². The van der Waals surface area contributed by atoms with Crippen molar-refractivity contribution in [2.75, 3.05) is 6.61 Å². The number of carboxylic acid groups (broad SMARTS) is 1. The molecule has 1 N–H and O–H groups in total. The van der Waals surface area contributed by atoms with Crippen molar-refractivity contribution in [1.82, 2.24) is 4.98 Å². The Morgan fingerprint density at radius 2 is 2.32 bits per heavy atom. The Morgan fingerprint density at radius 1 is 1.53 bits per heavy atom. The number of hydrogen-bond acceptors (Lipinski definition) is 4. The molecule has 0 aliphatic rings. The van der Waals surface area contributed by atoms with Crippen LogP contribution in [0.4, 0.5) is 0 Å². The van der Waals surface area contributed by atoms with Crippen molar-refractivity contribution in [3.63, 3.8) is 0 Å². The Balaban J connectivity index is 2.38. The van der Waals surface area contributed by atoms with Crippen molar-refractivity contribution < 1.29 is 14.6 Å². The van der Waals surface area contributed by atoms with Gasteiger partial charge in [-0.05, 0) is 40.0 Å². The van der Waals surface area contributed by atoms with E-state index in [1.165, 1.54) is 11.3 Å². The lowest BCUT2D eigenvalue weighted by atomic mass is 10.1. The molecule has 0 atom stereocenters. The second-order valence-corrected chi connectivity index (χ2v) is 6.10. The van der Waals surface area contributed by atoms with E-state index in [9.17, 15) is 4.79 Å². The van der Waals surface area contributed by atoms with Gasteiger partial charge in [0, 0.05) is 0 Å². The van der Waals surface area contributed by atoms with E-state index in [4.69, 9.17) is 9.84 Å². The van der Waals surface area contributed by atoms with Crippen LogP contribution in [0.3, 0.4) is 0 Å². The summed E-state index contributed by atoms with van der Waals surface area (Å²) >= 11 is 4.52. The zero-order chi connectivity index (χ0) is 13.8. The zero-order valence-corrected chi connectivity index (χ0v) is 12.6. The molecule has 4 nitrogen and oxygen atoms in total. The highest BCUT2D eigenvalue weighted by atomic mass is 79.9. The summed E-state index contributed by atoms with van der Waals surface area (Å²) in [6, 6.07) is 7.39. The lowest BCUT2D eigenvalue weighted by Crippen LogP contribution is -1.99. The molecule has 0 aliphatic carbocycles. The first-order valence-electron chi connectivity index (χ1n) is 5.74. The molecule has 0 saturated carbocycles. The minimum atomic E-state index is -1.03. The van der Waals surface area contributed by atoms with Crippen molar-refractivity contribution in [2.45, 2.75) is 13.3 Å². The highest BCUT2D eigenvalue weighted by molar-refractivity contribution is 9.11. The van der Waals surface area contributed by atoms with E-state index >= 15 is 0 Å². The number of hydrogen-bond donors (Lipinski definition) is 1. The van der Waals surface area contributed by atoms with Crippen LogP contribution < -0.4 is 4.74 Å². The molecular formula is C13H12BrNO3S. The summed E-state index contributed by atoms with van der Waals surface area (Å²) in [5, 5.41) is 9.14. The molecule has 6 heteroatoms. The fraction of sp³-hybridized carbons (Fsp3) is 0.231. The van der Waals surface area contributed by atoms with Crippen LogP contribution in [-0.4, -0.2) is 22.7 Å². The minimum absolute atomic E-state index is 0.0597. The third kappa shape index (κ3) is 3.33. The number of halogens is 1. The normalized spacial score (nSPS) is 10.4. The standard InChI is InChI=1S/C13H12BrNO3S/c1-2-6-18-9-5-3-4-8(7-9)11-10(12(16)17)15-13(14)19-11/h3-5,7H,2,6H2,1H3,(H,16,17). The molecule has 0 bridgehead atoms. The number of nitrogens with zero attached hydrogens (tertiary/aromatic N) is 1. The predicted molar refractivity (Wildman–Crippen MR) is 78.0 cm³/mol. The Bertz CT molecular complexity index is 597. The first-order chi connectivity index (χ1) is 9.11. The molecule has 1 aromatic heterocycles. The fourth-order valence-corrected chi connectivity index (χ4v) is 3.02. The molecule has 0 aliphatic heterocycles. The molecule has 0 fully saturated rings. The van der Waals surface area contributed by atoms with E-state index in [0.29, 0.717) is 15.4 Å². The van der Waals surface area contributed by atoms with Gasteiger partial charge < -0.3 is 9.84 Å². The summed E-state index contributed by atoms with van der Waals surface area (Å²) in [6.45, 7) is 2.67. The van der Waals surface area contributed by atoms with E-state index in [2.05, 4.69) is 20.9 Å².